The number of ether oxygens (including phenoxy) is 1. The first kappa shape index (κ1) is 15.1. The van der Waals surface area contributed by atoms with Gasteiger partial charge in [-0.3, -0.25) is 0 Å². The van der Waals surface area contributed by atoms with Crippen LogP contribution >= 0.6 is 0 Å². The third-order valence-corrected chi connectivity index (χ3v) is 4.56. The predicted molar refractivity (Wildman–Crippen MR) is 73.5 cm³/mol. The number of nitrogens with zero attached hydrogens (tertiary/aromatic N) is 1. The standard InChI is InChI=1S/C14H24N2O4/c1-9-5-3-4-6-11(9)15-14(19)16-8-10(20-2)7-12(16)13(17)18/h9-12H,3-8H2,1-2H3,(H,15,19)(H,17,18). The number of amides is 2. The summed E-state index contributed by atoms with van der Waals surface area (Å²) in [5, 5.41) is 12.2. The number of hydrogen-bond acceptors (Lipinski definition) is 3. The molecule has 1 aliphatic carbocycles. The van der Waals surface area contributed by atoms with Crippen LogP contribution in [0.2, 0.25) is 0 Å². The fourth-order valence-corrected chi connectivity index (χ4v) is 3.20. The van der Waals surface area contributed by atoms with E-state index in [1.165, 1.54) is 11.3 Å². The van der Waals surface area contributed by atoms with Crippen molar-refractivity contribution >= 4 is 12.0 Å². The minimum atomic E-state index is -0.962. The summed E-state index contributed by atoms with van der Waals surface area (Å²) in [7, 11) is 1.55. The van der Waals surface area contributed by atoms with E-state index in [0.29, 0.717) is 18.9 Å². The van der Waals surface area contributed by atoms with E-state index < -0.39 is 12.0 Å². The number of carboxylic acids is 1. The molecule has 114 valence electrons. The second-order valence-electron chi connectivity index (χ2n) is 5.92. The van der Waals surface area contributed by atoms with E-state index in [2.05, 4.69) is 12.2 Å². The molecule has 1 saturated heterocycles. The summed E-state index contributed by atoms with van der Waals surface area (Å²) in [6.45, 7) is 2.49. The zero-order valence-electron chi connectivity index (χ0n) is 12.2. The Balaban J connectivity index is 1.98. The highest BCUT2D eigenvalue weighted by Gasteiger charge is 2.40. The summed E-state index contributed by atoms with van der Waals surface area (Å²) in [6.07, 6.45) is 4.60. The van der Waals surface area contributed by atoms with Crippen molar-refractivity contribution in [3.8, 4) is 0 Å². The van der Waals surface area contributed by atoms with Crippen molar-refractivity contribution in [2.24, 2.45) is 5.92 Å². The number of carboxylic acid groups (broad SMARTS) is 1. The maximum atomic E-state index is 12.3. The molecule has 1 aliphatic heterocycles. The van der Waals surface area contributed by atoms with Crippen LogP contribution in [-0.2, 0) is 9.53 Å². The molecule has 1 saturated carbocycles. The SMILES string of the molecule is COC1CC(C(=O)O)N(C(=O)NC2CCCCC2C)C1. The second-order valence-corrected chi connectivity index (χ2v) is 5.92. The van der Waals surface area contributed by atoms with E-state index in [1.807, 2.05) is 0 Å². The number of urea groups is 1. The lowest BCUT2D eigenvalue weighted by Gasteiger charge is -2.32. The summed E-state index contributed by atoms with van der Waals surface area (Å²) < 4.78 is 5.20. The normalized spacial score (nSPS) is 34.0. The molecule has 4 atom stereocenters. The van der Waals surface area contributed by atoms with Crippen LogP contribution in [0.4, 0.5) is 4.79 Å². The molecule has 0 bridgehead atoms. The molecule has 6 heteroatoms. The van der Waals surface area contributed by atoms with Gasteiger partial charge >= 0.3 is 12.0 Å². The Labute approximate surface area is 119 Å². The molecule has 20 heavy (non-hydrogen) atoms. The van der Waals surface area contributed by atoms with Crippen LogP contribution in [-0.4, -0.2) is 53.8 Å². The van der Waals surface area contributed by atoms with E-state index in [-0.39, 0.29) is 18.2 Å². The fourth-order valence-electron chi connectivity index (χ4n) is 3.20. The molecular formula is C14H24N2O4. The molecule has 6 nitrogen and oxygen atoms in total. The van der Waals surface area contributed by atoms with Crippen molar-refractivity contribution in [3.63, 3.8) is 0 Å². The lowest BCUT2D eigenvalue weighted by atomic mass is 9.86. The van der Waals surface area contributed by atoms with E-state index in [0.717, 1.165) is 19.3 Å². The summed E-state index contributed by atoms with van der Waals surface area (Å²) >= 11 is 0. The number of rotatable bonds is 3. The van der Waals surface area contributed by atoms with Crippen molar-refractivity contribution in [1.29, 1.82) is 0 Å². The van der Waals surface area contributed by atoms with Gasteiger partial charge in [-0.05, 0) is 18.8 Å². The van der Waals surface area contributed by atoms with Gasteiger partial charge in [0.1, 0.15) is 6.04 Å². The third-order valence-electron chi connectivity index (χ3n) is 4.56. The number of carbonyl (C=O) groups is 2. The highest BCUT2D eigenvalue weighted by atomic mass is 16.5. The van der Waals surface area contributed by atoms with Crippen molar-refractivity contribution in [1.82, 2.24) is 10.2 Å². The van der Waals surface area contributed by atoms with Gasteiger partial charge < -0.3 is 20.1 Å². The van der Waals surface area contributed by atoms with Crippen molar-refractivity contribution in [3.05, 3.63) is 0 Å². The second kappa shape index (κ2) is 6.43. The zero-order chi connectivity index (χ0) is 14.7. The number of carbonyl (C=O) groups excluding carboxylic acids is 1. The Bertz CT molecular complexity index is 374. The Morgan fingerprint density at radius 2 is 2.00 bits per heavy atom. The number of aliphatic carboxylic acids is 1. The molecule has 0 aromatic carbocycles. The Morgan fingerprint density at radius 3 is 2.60 bits per heavy atom. The minimum Gasteiger partial charge on any atom is -0.480 e. The number of nitrogens with one attached hydrogen (secondary N) is 1. The van der Waals surface area contributed by atoms with E-state index >= 15 is 0 Å². The number of hydrogen-bond donors (Lipinski definition) is 2. The maximum absolute atomic E-state index is 12.3. The van der Waals surface area contributed by atoms with Gasteiger partial charge in [0.2, 0.25) is 0 Å². The summed E-state index contributed by atoms with van der Waals surface area (Å²) in [6, 6.07) is -0.887. The number of methoxy groups -OCH3 is 1. The molecule has 0 aromatic heterocycles. The van der Waals surface area contributed by atoms with Gasteiger partial charge in [-0.15, -0.1) is 0 Å². The molecule has 2 N–H and O–H groups in total. The van der Waals surface area contributed by atoms with Crippen molar-refractivity contribution < 1.29 is 19.4 Å². The minimum absolute atomic E-state index is 0.160. The quantitative estimate of drug-likeness (QED) is 0.822. The van der Waals surface area contributed by atoms with Crippen LogP contribution < -0.4 is 5.32 Å². The van der Waals surface area contributed by atoms with Crippen LogP contribution in [0.5, 0.6) is 0 Å². The van der Waals surface area contributed by atoms with Crippen LogP contribution in [0, 0.1) is 5.92 Å². The Hall–Kier alpha value is -1.30. The van der Waals surface area contributed by atoms with Gasteiger partial charge in [0.25, 0.3) is 0 Å². The molecule has 2 fully saturated rings. The molecule has 2 amide bonds. The van der Waals surface area contributed by atoms with Crippen molar-refractivity contribution in [2.45, 2.75) is 57.2 Å². The maximum Gasteiger partial charge on any atom is 0.326 e. The summed E-state index contributed by atoms with van der Waals surface area (Å²) in [5.41, 5.74) is 0. The van der Waals surface area contributed by atoms with E-state index in [1.54, 1.807) is 7.11 Å². The van der Waals surface area contributed by atoms with Crippen LogP contribution in [0.15, 0.2) is 0 Å². The highest BCUT2D eigenvalue weighted by molar-refractivity contribution is 5.83. The van der Waals surface area contributed by atoms with Gasteiger partial charge in [0.05, 0.1) is 6.10 Å². The number of likely N-dealkylation sites (tertiary alicyclic amines) is 1. The molecule has 2 rings (SSSR count). The lowest BCUT2D eigenvalue weighted by molar-refractivity contribution is -0.141. The topological polar surface area (TPSA) is 78.9 Å². The Kier molecular flexibility index (Phi) is 4.86. The molecular weight excluding hydrogens is 260 g/mol. The van der Waals surface area contributed by atoms with Gasteiger partial charge in [0, 0.05) is 26.1 Å². The first-order chi connectivity index (χ1) is 9.52. The molecule has 0 aromatic rings. The van der Waals surface area contributed by atoms with Crippen LogP contribution in [0.3, 0.4) is 0 Å². The van der Waals surface area contributed by atoms with Gasteiger partial charge in [-0.2, -0.15) is 0 Å². The smallest absolute Gasteiger partial charge is 0.326 e. The monoisotopic (exact) mass is 284 g/mol. The highest BCUT2D eigenvalue weighted by Crippen LogP contribution is 2.25. The predicted octanol–water partition coefficient (Wildman–Crippen LogP) is 1.45. The van der Waals surface area contributed by atoms with Gasteiger partial charge in [-0.25, -0.2) is 9.59 Å². The van der Waals surface area contributed by atoms with E-state index in [9.17, 15) is 14.7 Å². The third kappa shape index (κ3) is 3.23. The largest absolute Gasteiger partial charge is 0.480 e. The van der Waals surface area contributed by atoms with Crippen molar-refractivity contribution in [2.75, 3.05) is 13.7 Å². The van der Waals surface area contributed by atoms with Crippen LogP contribution in [0.25, 0.3) is 0 Å². The average molecular weight is 284 g/mol. The summed E-state index contributed by atoms with van der Waals surface area (Å²) in [4.78, 5) is 25.0. The first-order valence-corrected chi connectivity index (χ1v) is 7.35. The zero-order valence-corrected chi connectivity index (χ0v) is 12.2. The van der Waals surface area contributed by atoms with Gasteiger partial charge in [-0.1, -0.05) is 19.8 Å². The first-order valence-electron chi connectivity index (χ1n) is 7.35. The molecule has 4 unspecified atom stereocenters. The lowest BCUT2D eigenvalue weighted by Crippen LogP contribution is -2.51. The van der Waals surface area contributed by atoms with Gasteiger partial charge in [0.15, 0.2) is 0 Å². The average Bonchev–Trinajstić information content (AvgIpc) is 2.86. The van der Waals surface area contributed by atoms with Crippen LogP contribution in [0.1, 0.15) is 39.0 Å². The molecule has 1 heterocycles. The van der Waals surface area contributed by atoms with E-state index in [4.69, 9.17) is 4.74 Å². The summed E-state index contributed by atoms with van der Waals surface area (Å²) in [5.74, 6) is -0.506. The molecule has 2 aliphatic rings. The Morgan fingerprint density at radius 1 is 1.30 bits per heavy atom. The molecule has 0 spiro atoms. The fraction of sp³-hybridized carbons (Fsp3) is 0.857. The molecule has 0 radical (unpaired) electrons.